The molecular weight excluding hydrogens is 370 g/mol. The van der Waals surface area contributed by atoms with Crippen LogP contribution in [-0.4, -0.2) is 36.8 Å². The lowest BCUT2D eigenvalue weighted by Crippen LogP contribution is -2.44. The van der Waals surface area contributed by atoms with E-state index in [0.29, 0.717) is 12.6 Å². The third-order valence-corrected chi connectivity index (χ3v) is 4.63. The second kappa shape index (κ2) is 8.19. The SMILES string of the molecule is CCNC(=NCc1ccon1)NC1CCN(c2ccccc2Br)C1. The topological polar surface area (TPSA) is 65.7 Å². The number of anilines is 1. The minimum absolute atomic E-state index is 0.368. The van der Waals surface area contributed by atoms with Crippen molar-refractivity contribution in [2.24, 2.45) is 4.99 Å². The fourth-order valence-corrected chi connectivity index (χ4v) is 3.33. The Morgan fingerprint density at radius 1 is 1.42 bits per heavy atom. The van der Waals surface area contributed by atoms with Crippen LogP contribution >= 0.6 is 15.9 Å². The van der Waals surface area contributed by atoms with E-state index in [1.54, 1.807) is 6.26 Å². The zero-order valence-corrected chi connectivity index (χ0v) is 15.3. The van der Waals surface area contributed by atoms with E-state index in [9.17, 15) is 0 Å². The molecular formula is C17H22BrN5O. The highest BCUT2D eigenvalue weighted by molar-refractivity contribution is 9.10. The number of hydrogen-bond donors (Lipinski definition) is 2. The average molecular weight is 392 g/mol. The third kappa shape index (κ3) is 4.29. The normalized spacial score (nSPS) is 18.0. The van der Waals surface area contributed by atoms with E-state index in [-0.39, 0.29) is 0 Å². The Bertz CT molecular complexity index is 673. The predicted molar refractivity (Wildman–Crippen MR) is 99.2 cm³/mol. The van der Waals surface area contributed by atoms with E-state index in [1.165, 1.54) is 5.69 Å². The first-order valence-electron chi connectivity index (χ1n) is 8.20. The van der Waals surface area contributed by atoms with Gasteiger partial charge in [0.15, 0.2) is 5.96 Å². The van der Waals surface area contributed by atoms with Crippen molar-refractivity contribution in [2.75, 3.05) is 24.5 Å². The molecule has 1 unspecified atom stereocenters. The summed E-state index contributed by atoms with van der Waals surface area (Å²) in [5, 5.41) is 10.7. The molecule has 2 aromatic rings. The van der Waals surface area contributed by atoms with Crippen LogP contribution in [-0.2, 0) is 6.54 Å². The molecule has 1 fully saturated rings. The van der Waals surface area contributed by atoms with E-state index in [1.807, 2.05) is 12.1 Å². The largest absolute Gasteiger partial charge is 0.368 e. The van der Waals surface area contributed by atoms with Crippen molar-refractivity contribution in [2.45, 2.75) is 25.9 Å². The van der Waals surface area contributed by atoms with Crippen LogP contribution in [0.2, 0.25) is 0 Å². The Hall–Kier alpha value is -2.02. The molecule has 2 heterocycles. The summed E-state index contributed by atoms with van der Waals surface area (Å²) in [5.74, 6) is 0.819. The fraction of sp³-hybridized carbons (Fsp3) is 0.412. The molecule has 1 saturated heterocycles. The summed E-state index contributed by atoms with van der Waals surface area (Å²) in [6.07, 6.45) is 2.65. The summed E-state index contributed by atoms with van der Waals surface area (Å²) >= 11 is 3.63. The molecule has 2 N–H and O–H groups in total. The van der Waals surface area contributed by atoms with Gasteiger partial charge in [0, 0.05) is 36.2 Å². The van der Waals surface area contributed by atoms with Gasteiger partial charge in [-0.15, -0.1) is 0 Å². The zero-order chi connectivity index (χ0) is 16.8. The van der Waals surface area contributed by atoms with Crippen LogP contribution in [0.3, 0.4) is 0 Å². The quantitative estimate of drug-likeness (QED) is 0.605. The standard InChI is InChI=1S/C17H22BrN5O/c1-2-19-17(20-11-13-8-10-24-22-13)21-14-7-9-23(12-14)16-6-4-3-5-15(16)18/h3-6,8,10,14H,2,7,9,11-12H2,1H3,(H2,19,20,21). The van der Waals surface area contributed by atoms with Gasteiger partial charge in [0.1, 0.15) is 12.0 Å². The molecule has 7 heteroatoms. The van der Waals surface area contributed by atoms with Crippen LogP contribution in [0, 0.1) is 0 Å². The number of hydrogen-bond acceptors (Lipinski definition) is 4. The van der Waals surface area contributed by atoms with Gasteiger partial charge >= 0.3 is 0 Å². The number of nitrogens with zero attached hydrogens (tertiary/aromatic N) is 3. The zero-order valence-electron chi connectivity index (χ0n) is 13.7. The lowest BCUT2D eigenvalue weighted by atomic mass is 10.3. The summed E-state index contributed by atoms with van der Waals surface area (Å²) < 4.78 is 5.98. The molecule has 0 bridgehead atoms. The number of nitrogens with one attached hydrogen (secondary N) is 2. The van der Waals surface area contributed by atoms with Crippen LogP contribution in [0.15, 0.2) is 50.6 Å². The van der Waals surface area contributed by atoms with Crippen LogP contribution in [0.5, 0.6) is 0 Å². The van der Waals surface area contributed by atoms with Crippen molar-refractivity contribution in [1.29, 1.82) is 0 Å². The number of halogens is 1. The second-order valence-electron chi connectivity index (χ2n) is 5.71. The van der Waals surface area contributed by atoms with E-state index in [4.69, 9.17) is 4.52 Å². The number of aliphatic imine (C=N–C) groups is 1. The molecule has 1 atom stereocenters. The highest BCUT2D eigenvalue weighted by Gasteiger charge is 2.24. The smallest absolute Gasteiger partial charge is 0.191 e. The summed E-state index contributed by atoms with van der Waals surface area (Å²) in [7, 11) is 0. The van der Waals surface area contributed by atoms with E-state index >= 15 is 0 Å². The Morgan fingerprint density at radius 2 is 2.29 bits per heavy atom. The molecule has 3 rings (SSSR count). The molecule has 0 saturated carbocycles. The third-order valence-electron chi connectivity index (χ3n) is 3.96. The van der Waals surface area contributed by atoms with Crippen LogP contribution in [0.1, 0.15) is 19.0 Å². The van der Waals surface area contributed by atoms with Crippen molar-refractivity contribution < 1.29 is 4.52 Å². The van der Waals surface area contributed by atoms with Crippen molar-refractivity contribution in [3.8, 4) is 0 Å². The van der Waals surface area contributed by atoms with Gasteiger partial charge in [-0.25, -0.2) is 4.99 Å². The van der Waals surface area contributed by atoms with Gasteiger partial charge in [0.2, 0.25) is 0 Å². The molecule has 24 heavy (non-hydrogen) atoms. The summed E-state index contributed by atoms with van der Waals surface area (Å²) in [5.41, 5.74) is 2.07. The van der Waals surface area contributed by atoms with Gasteiger partial charge < -0.3 is 20.1 Å². The first-order valence-corrected chi connectivity index (χ1v) is 8.99. The summed E-state index contributed by atoms with van der Waals surface area (Å²) in [6.45, 7) is 5.38. The maximum Gasteiger partial charge on any atom is 0.191 e. The van der Waals surface area contributed by atoms with Crippen LogP contribution < -0.4 is 15.5 Å². The monoisotopic (exact) mass is 391 g/mol. The van der Waals surface area contributed by atoms with E-state index < -0.39 is 0 Å². The molecule has 128 valence electrons. The number of guanidine groups is 1. The molecule has 6 nitrogen and oxygen atoms in total. The van der Waals surface area contributed by atoms with Crippen molar-refractivity contribution >= 4 is 27.6 Å². The number of para-hydroxylation sites is 1. The molecule has 1 aromatic heterocycles. The lowest BCUT2D eigenvalue weighted by molar-refractivity contribution is 0.412. The fourth-order valence-electron chi connectivity index (χ4n) is 2.80. The van der Waals surface area contributed by atoms with Gasteiger partial charge in [-0.3, -0.25) is 0 Å². The Kier molecular flexibility index (Phi) is 5.74. The van der Waals surface area contributed by atoms with Crippen molar-refractivity contribution in [3.05, 3.63) is 46.8 Å². The van der Waals surface area contributed by atoms with Crippen LogP contribution in [0.4, 0.5) is 5.69 Å². The molecule has 0 amide bonds. The lowest BCUT2D eigenvalue weighted by Gasteiger charge is -2.21. The number of rotatable bonds is 5. The molecule has 0 radical (unpaired) electrons. The minimum Gasteiger partial charge on any atom is -0.368 e. The highest BCUT2D eigenvalue weighted by Crippen LogP contribution is 2.28. The average Bonchev–Trinajstić information content (AvgIpc) is 3.25. The first kappa shape index (κ1) is 16.8. The molecule has 1 aromatic carbocycles. The first-order chi connectivity index (χ1) is 11.8. The minimum atomic E-state index is 0.368. The maximum absolute atomic E-state index is 4.84. The predicted octanol–water partition coefficient (Wildman–Crippen LogP) is 2.77. The van der Waals surface area contributed by atoms with Crippen LogP contribution in [0.25, 0.3) is 0 Å². The number of aromatic nitrogens is 1. The highest BCUT2D eigenvalue weighted by atomic mass is 79.9. The van der Waals surface area contributed by atoms with E-state index in [2.05, 4.69) is 66.7 Å². The second-order valence-corrected chi connectivity index (χ2v) is 6.57. The maximum atomic E-state index is 4.84. The van der Waals surface area contributed by atoms with Gasteiger partial charge in [-0.1, -0.05) is 17.3 Å². The Balaban J connectivity index is 1.60. The Morgan fingerprint density at radius 3 is 3.04 bits per heavy atom. The van der Waals surface area contributed by atoms with Gasteiger partial charge in [0.05, 0.1) is 12.2 Å². The summed E-state index contributed by atoms with van der Waals surface area (Å²) in [4.78, 5) is 6.97. The molecule has 1 aliphatic heterocycles. The Labute approximate surface area is 150 Å². The van der Waals surface area contributed by atoms with Crippen molar-refractivity contribution in [3.63, 3.8) is 0 Å². The molecule has 0 aliphatic carbocycles. The van der Waals surface area contributed by atoms with Crippen molar-refractivity contribution in [1.82, 2.24) is 15.8 Å². The molecule has 1 aliphatic rings. The molecule has 0 spiro atoms. The van der Waals surface area contributed by atoms with Gasteiger partial charge in [0.25, 0.3) is 0 Å². The number of benzene rings is 1. The van der Waals surface area contributed by atoms with E-state index in [0.717, 1.165) is 42.2 Å². The van der Waals surface area contributed by atoms with Gasteiger partial charge in [-0.05, 0) is 41.4 Å². The summed E-state index contributed by atoms with van der Waals surface area (Å²) in [6, 6.07) is 10.5. The van der Waals surface area contributed by atoms with Gasteiger partial charge in [-0.2, -0.15) is 0 Å².